The Morgan fingerprint density at radius 2 is 1.76 bits per heavy atom. The maximum absolute atomic E-state index is 13.2. The maximum Gasteiger partial charge on any atom is 0.232 e. The molecule has 1 aromatic heterocycles. The highest BCUT2D eigenvalue weighted by Gasteiger charge is 2.30. The number of benzene rings is 2. The van der Waals surface area contributed by atoms with Gasteiger partial charge in [-0.15, -0.1) is 0 Å². The van der Waals surface area contributed by atoms with Crippen molar-refractivity contribution in [3.63, 3.8) is 0 Å². The van der Waals surface area contributed by atoms with Crippen molar-refractivity contribution in [1.29, 1.82) is 0 Å². The maximum atomic E-state index is 13.2. The number of nitrogens with one attached hydrogen (secondary N) is 1. The van der Waals surface area contributed by atoms with Gasteiger partial charge in [0.25, 0.3) is 0 Å². The molecule has 6 heteroatoms. The van der Waals surface area contributed by atoms with Gasteiger partial charge in [0.2, 0.25) is 11.8 Å². The average Bonchev–Trinajstić information content (AvgIpc) is 3.04. The first kappa shape index (κ1) is 18.9. The lowest BCUT2D eigenvalue weighted by molar-refractivity contribution is -0.118. The Bertz CT molecular complexity index is 1060. The van der Waals surface area contributed by atoms with Gasteiger partial charge >= 0.3 is 0 Å². The van der Waals surface area contributed by atoms with E-state index in [0.717, 1.165) is 46.9 Å². The van der Waals surface area contributed by atoms with E-state index >= 15 is 0 Å². The van der Waals surface area contributed by atoms with Crippen LogP contribution in [0.1, 0.15) is 24.6 Å². The van der Waals surface area contributed by atoms with E-state index < -0.39 is 0 Å². The molecule has 0 atom stereocenters. The van der Waals surface area contributed by atoms with Crippen LogP contribution in [0.5, 0.6) is 0 Å². The second-order valence-electron chi connectivity index (χ2n) is 7.30. The van der Waals surface area contributed by atoms with Crippen molar-refractivity contribution in [2.75, 3.05) is 16.8 Å². The van der Waals surface area contributed by atoms with Crippen molar-refractivity contribution in [3.05, 3.63) is 65.9 Å². The topological polar surface area (TPSA) is 67.2 Å². The van der Waals surface area contributed by atoms with Crippen molar-refractivity contribution in [3.8, 4) is 11.1 Å². The van der Waals surface area contributed by atoms with Crippen molar-refractivity contribution in [1.82, 2.24) is 9.78 Å². The van der Waals surface area contributed by atoms with Crippen LogP contribution in [0.15, 0.2) is 54.6 Å². The molecule has 148 valence electrons. The number of carbonyl (C=O) groups excluding carboxylic acids is 2. The largest absolute Gasteiger partial charge is 0.326 e. The summed E-state index contributed by atoms with van der Waals surface area (Å²) in [7, 11) is 0. The third-order valence-electron chi connectivity index (χ3n) is 5.11. The fourth-order valence-electron chi connectivity index (χ4n) is 3.91. The Labute approximate surface area is 170 Å². The van der Waals surface area contributed by atoms with Gasteiger partial charge in [0.05, 0.1) is 12.1 Å². The van der Waals surface area contributed by atoms with E-state index in [2.05, 4.69) is 5.32 Å². The molecule has 0 aliphatic carbocycles. The van der Waals surface area contributed by atoms with E-state index in [1.54, 1.807) is 0 Å². The van der Waals surface area contributed by atoms with Crippen LogP contribution in [-0.2, 0) is 22.6 Å². The van der Waals surface area contributed by atoms with E-state index in [9.17, 15) is 9.59 Å². The molecule has 2 aromatic carbocycles. The minimum absolute atomic E-state index is 0.0512. The molecule has 1 N–H and O–H groups in total. The molecule has 29 heavy (non-hydrogen) atoms. The van der Waals surface area contributed by atoms with Crippen LogP contribution in [0.25, 0.3) is 11.1 Å². The second-order valence-corrected chi connectivity index (χ2v) is 7.30. The zero-order valence-corrected chi connectivity index (χ0v) is 16.7. The number of anilines is 2. The van der Waals surface area contributed by atoms with Crippen LogP contribution in [0.4, 0.5) is 11.5 Å². The molecular formula is C23H24N4O2. The molecule has 0 spiro atoms. The summed E-state index contributed by atoms with van der Waals surface area (Å²) in [5.41, 5.74) is 4.33. The minimum Gasteiger partial charge on any atom is -0.326 e. The number of hydrogen-bond donors (Lipinski definition) is 1. The lowest BCUT2D eigenvalue weighted by Gasteiger charge is -2.29. The zero-order chi connectivity index (χ0) is 20.4. The molecule has 3 aromatic rings. The summed E-state index contributed by atoms with van der Waals surface area (Å²) in [4.78, 5) is 26.7. The highest BCUT2D eigenvalue weighted by molar-refractivity contribution is 6.01. The van der Waals surface area contributed by atoms with Crippen LogP contribution < -0.4 is 10.2 Å². The number of para-hydroxylation sites is 1. The number of carbonyl (C=O) groups is 2. The molecule has 2 heterocycles. The summed E-state index contributed by atoms with van der Waals surface area (Å²) in [5, 5.41) is 7.60. The van der Waals surface area contributed by atoms with Gasteiger partial charge in [-0.25, -0.2) is 4.68 Å². The highest BCUT2D eigenvalue weighted by Crippen LogP contribution is 2.40. The van der Waals surface area contributed by atoms with E-state index in [4.69, 9.17) is 5.10 Å². The Kier molecular flexibility index (Phi) is 5.16. The quantitative estimate of drug-likeness (QED) is 0.739. The standard InChI is InChI=1S/C23H24N4O2/c1-16-22(19-11-6-7-12-20(19)24-17(2)28)23-26(13-8-14-27(23)25-16)21(29)15-18-9-4-3-5-10-18/h3-7,9-12H,8,13-15H2,1-2H3,(H,24,28). The number of amides is 2. The van der Waals surface area contributed by atoms with Crippen molar-refractivity contribution in [2.24, 2.45) is 0 Å². The molecule has 0 bridgehead atoms. The molecule has 4 rings (SSSR count). The molecule has 2 amide bonds. The van der Waals surface area contributed by atoms with Crippen LogP contribution in [-0.4, -0.2) is 28.1 Å². The molecule has 1 aliphatic heterocycles. The molecule has 1 aliphatic rings. The summed E-state index contributed by atoms with van der Waals surface area (Å²) in [5.74, 6) is 0.732. The number of rotatable bonds is 4. The fraction of sp³-hybridized carbons (Fsp3) is 0.261. The van der Waals surface area contributed by atoms with Gasteiger partial charge in [-0.2, -0.15) is 5.10 Å². The number of fused-ring (bicyclic) bond motifs is 1. The SMILES string of the molecule is CC(=O)Nc1ccccc1-c1c(C)nn2c1N(C(=O)Cc1ccccc1)CCC2. The predicted octanol–water partition coefficient (Wildman–Crippen LogP) is 3.80. The first-order valence-corrected chi connectivity index (χ1v) is 9.83. The molecule has 6 nitrogen and oxygen atoms in total. The van der Waals surface area contributed by atoms with E-state index in [-0.39, 0.29) is 11.8 Å². The minimum atomic E-state index is -0.131. The number of hydrogen-bond acceptors (Lipinski definition) is 3. The Morgan fingerprint density at radius 1 is 1.03 bits per heavy atom. The third-order valence-corrected chi connectivity index (χ3v) is 5.11. The van der Waals surface area contributed by atoms with Crippen LogP contribution >= 0.6 is 0 Å². The van der Waals surface area contributed by atoms with Gasteiger partial charge in [-0.3, -0.25) is 14.5 Å². The first-order chi connectivity index (χ1) is 14.0. The first-order valence-electron chi connectivity index (χ1n) is 9.83. The lowest BCUT2D eigenvalue weighted by Crippen LogP contribution is -2.38. The summed E-state index contributed by atoms with van der Waals surface area (Å²) in [6.07, 6.45) is 1.21. The predicted molar refractivity (Wildman–Crippen MR) is 114 cm³/mol. The Hall–Kier alpha value is -3.41. The molecule has 0 saturated carbocycles. The van der Waals surface area contributed by atoms with Crippen LogP contribution in [0, 0.1) is 6.92 Å². The summed E-state index contributed by atoms with van der Waals surface area (Å²) in [6, 6.07) is 17.4. The second kappa shape index (κ2) is 7.91. The fourth-order valence-corrected chi connectivity index (χ4v) is 3.91. The van der Waals surface area contributed by atoms with Gasteiger partial charge in [-0.05, 0) is 25.0 Å². The number of nitrogens with zero attached hydrogens (tertiary/aromatic N) is 3. The number of aromatic nitrogens is 2. The molecular weight excluding hydrogens is 364 g/mol. The van der Waals surface area contributed by atoms with Crippen molar-refractivity contribution >= 4 is 23.3 Å². The average molecular weight is 388 g/mol. The van der Waals surface area contributed by atoms with Crippen LogP contribution in [0.2, 0.25) is 0 Å². The van der Waals surface area contributed by atoms with E-state index in [0.29, 0.717) is 13.0 Å². The molecule has 0 unspecified atom stereocenters. The van der Waals surface area contributed by atoms with E-state index in [1.807, 2.05) is 71.1 Å². The van der Waals surface area contributed by atoms with Gasteiger partial charge in [0.1, 0.15) is 5.82 Å². The Balaban J connectivity index is 1.77. The van der Waals surface area contributed by atoms with Gasteiger partial charge in [-0.1, -0.05) is 48.5 Å². The van der Waals surface area contributed by atoms with Crippen molar-refractivity contribution in [2.45, 2.75) is 33.2 Å². The summed E-state index contributed by atoms with van der Waals surface area (Å²) < 4.78 is 1.92. The van der Waals surface area contributed by atoms with Gasteiger partial charge in [0.15, 0.2) is 0 Å². The molecule has 0 radical (unpaired) electrons. The number of aryl methyl sites for hydroxylation is 2. The zero-order valence-electron chi connectivity index (χ0n) is 16.7. The summed E-state index contributed by atoms with van der Waals surface area (Å²) in [6.45, 7) is 4.87. The van der Waals surface area contributed by atoms with Crippen molar-refractivity contribution < 1.29 is 9.59 Å². The lowest BCUT2D eigenvalue weighted by atomic mass is 10.0. The third kappa shape index (κ3) is 3.78. The van der Waals surface area contributed by atoms with E-state index in [1.165, 1.54) is 6.92 Å². The highest BCUT2D eigenvalue weighted by atomic mass is 16.2. The normalized spacial score (nSPS) is 13.1. The van der Waals surface area contributed by atoms with Gasteiger partial charge < -0.3 is 5.32 Å². The Morgan fingerprint density at radius 3 is 2.52 bits per heavy atom. The monoisotopic (exact) mass is 388 g/mol. The summed E-state index contributed by atoms with van der Waals surface area (Å²) >= 11 is 0. The van der Waals surface area contributed by atoms with Crippen LogP contribution in [0.3, 0.4) is 0 Å². The smallest absolute Gasteiger partial charge is 0.232 e. The molecule has 0 fully saturated rings. The molecule has 0 saturated heterocycles. The van der Waals surface area contributed by atoms with Gasteiger partial charge in [0, 0.05) is 36.8 Å².